The molecule has 0 fully saturated rings. The van der Waals surface area contributed by atoms with Crippen LogP contribution in [0.25, 0.3) is 0 Å². The average molecular weight is 314 g/mol. The molecule has 118 valence electrons. The molecule has 0 unspecified atom stereocenters. The van der Waals surface area contributed by atoms with Gasteiger partial charge in [-0.25, -0.2) is 0 Å². The van der Waals surface area contributed by atoms with Crippen molar-refractivity contribution in [2.45, 2.75) is 20.0 Å². The molecular weight excluding hydrogens is 301 g/mol. The first kappa shape index (κ1) is 15.9. The molecule has 22 heavy (non-hydrogen) atoms. The van der Waals surface area contributed by atoms with Crippen LogP contribution < -0.4 is 10.1 Å². The minimum atomic E-state index is -4.46. The van der Waals surface area contributed by atoms with E-state index in [0.29, 0.717) is 11.5 Å². The molecule has 1 N–H and O–H groups in total. The summed E-state index contributed by atoms with van der Waals surface area (Å²) in [5.74, 6) is -0.275. The molecule has 2 aromatic rings. The lowest BCUT2D eigenvalue weighted by atomic mass is 10.2. The summed E-state index contributed by atoms with van der Waals surface area (Å²) in [6, 6.07) is 5.87. The van der Waals surface area contributed by atoms with Crippen molar-refractivity contribution in [2.24, 2.45) is 0 Å². The highest BCUT2D eigenvalue weighted by atomic mass is 19.4. The predicted octanol–water partition coefficient (Wildman–Crippen LogP) is 3.48. The third-order valence-electron chi connectivity index (χ3n) is 2.79. The molecule has 0 bridgehead atoms. The third-order valence-corrected chi connectivity index (χ3v) is 2.79. The largest absolute Gasteiger partial charge is 0.482 e. The molecule has 0 atom stereocenters. The van der Waals surface area contributed by atoms with Crippen LogP contribution in [-0.2, 0) is 0 Å². The number of ether oxygens (including phenoxy) is 1. The predicted molar refractivity (Wildman–Crippen MR) is 71.9 cm³/mol. The molecule has 0 spiro atoms. The van der Waals surface area contributed by atoms with Crippen molar-refractivity contribution in [3.8, 4) is 5.75 Å². The Morgan fingerprint density at radius 3 is 2.59 bits per heavy atom. The van der Waals surface area contributed by atoms with E-state index in [4.69, 9.17) is 9.26 Å². The fourth-order valence-corrected chi connectivity index (χ4v) is 1.85. The van der Waals surface area contributed by atoms with E-state index in [-0.39, 0.29) is 17.0 Å². The maximum atomic E-state index is 12.2. The van der Waals surface area contributed by atoms with Gasteiger partial charge in [0, 0.05) is 0 Å². The Morgan fingerprint density at radius 2 is 2.00 bits per heavy atom. The Hall–Kier alpha value is -2.51. The Bertz CT molecular complexity index is 661. The van der Waals surface area contributed by atoms with Gasteiger partial charge >= 0.3 is 6.18 Å². The fraction of sp³-hybridized carbons (Fsp3) is 0.286. The van der Waals surface area contributed by atoms with Gasteiger partial charge in [0.05, 0.1) is 11.4 Å². The van der Waals surface area contributed by atoms with Gasteiger partial charge in [-0.3, -0.25) is 4.79 Å². The molecule has 1 amide bonds. The van der Waals surface area contributed by atoms with Crippen LogP contribution in [0.15, 0.2) is 28.8 Å². The van der Waals surface area contributed by atoms with E-state index < -0.39 is 18.7 Å². The van der Waals surface area contributed by atoms with E-state index >= 15 is 0 Å². The quantitative estimate of drug-likeness (QED) is 0.938. The van der Waals surface area contributed by atoms with E-state index in [1.54, 1.807) is 19.9 Å². The Labute approximate surface area is 124 Å². The number of nitrogens with one attached hydrogen (secondary N) is 1. The molecule has 8 heteroatoms. The van der Waals surface area contributed by atoms with Gasteiger partial charge < -0.3 is 14.6 Å². The van der Waals surface area contributed by atoms with Crippen molar-refractivity contribution in [1.29, 1.82) is 0 Å². The molecule has 0 radical (unpaired) electrons. The summed E-state index contributed by atoms with van der Waals surface area (Å²) in [7, 11) is 0. The minimum Gasteiger partial charge on any atom is -0.482 e. The van der Waals surface area contributed by atoms with Crippen molar-refractivity contribution in [3.63, 3.8) is 0 Å². The maximum absolute atomic E-state index is 12.2. The summed E-state index contributed by atoms with van der Waals surface area (Å²) < 4.78 is 46.3. The molecule has 0 saturated carbocycles. The Kier molecular flexibility index (Phi) is 4.39. The van der Waals surface area contributed by atoms with Crippen molar-refractivity contribution in [2.75, 3.05) is 11.9 Å². The topological polar surface area (TPSA) is 64.4 Å². The number of alkyl halides is 3. The van der Waals surface area contributed by atoms with Crippen LogP contribution in [0.1, 0.15) is 21.8 Å². The zero-order valence-electron chi connectivity index (χ0n) is 11.8. The van der Waals surface area contributed by atoms with Crippen molar-refractivity contribution >= 4 is 11.6 Å². The molecule has 1 heterocycles. The number of benzene rings is 1. The Morgan fingerprint density at radius 1 is 1.32 bits per heavy atom. The van der Waals surface area contributed by atoms with E-state index in [0.717, 1.165) is 0 Å². The van der Waals surface area contributed by atoms with Crippen LogP contribution in [-0.4, -0.2) is 23.8 Å². The lowest BCUT2D eigenvalue weighted by Crippen LogP contribution is -2.20. The van der Waals surface area contributed by atoms with Crippen LogP contribution in [0.2, 0.25) is 0 Å². The van der Waals surface area contributed by atoms with Crippen LogP contribution >= 0.6 is 0 Å². The molecule has 1 aromatic carbocycles. The number of hydrogen-bond acceptors (Lipinski definition) is 4. The van der Waals surface area contributed by atoms with Gasteiger partial charge in [-0.05, 0) is 26.0 Å². The summed E-state index contributed by atoms with van der Waals surface area (Å²) in [6.45, 7) is 1.73. The first-order chi connectivity index (χ1) is 10.3. The van der Waals surface area contributed by atoms with Gasteiger partial charge in [-0.1, -0.05) is 17.3 Å². The molecule has 0 saturated heterocycles. The monoisotopic (exact) mass is 314 g/mol. The number of aromatic nitrogens is 1. The van der Waals surface area contributed by atoms with Crippen molar-refractivity contribution < 1.29 is 27.2 Å². The second-order valence-electron chi connectivity index (χ2n) is 4.55. The number of halogens is 3. The number of rotatable bonds is 4. The van der Waals surface area contributed by atoms with Gasteiger partial charge in [-0.2, -0.15) is 13.2 Å². The molecule has 0 aliphatic rings. The smallest absolute Gasteiger partial charge is 0.422 e. The molecule has 0 aliphatic carbocycles. The molecule has 2 rings (SSSR count). The highest BCUT2D eigenvalue weighted by Crippen LogP contribution is 2.27. The van der Waals surface area contributed by atoms with Gasteiger partial charge in [0.2, 0.25) is 0 Å². The van der Waals surface area contributed by atoms with Gasteiger partial charge in [-0.15, -0.1) is 0 Å². The van der Waals surface area contributed by atoms with Crippen LogP contribution in [0.5, 0.6) is 5.75 Å². The number of amides is 1. The average Bonchev–Trinajstić information content (AvgIpc) is 2.76. The number of anilines is 1. The van der Waals surface area contributed by atoms with Crippen molar-refractivity contribution in [3.05, 3.63) is 41.3 Å². The van der Waals surface area contributed by atoms with E-state index in [1.165, 1.54) is 18.2 Å². The minimum absolute atomic E-state index is 0.0695. The van der Waals surface area contributed by atoms with Gasteiger partial charge in [0.1, 0.15) is 17.1 Å². The molecular formula is C14H13F3N2O3. The lowest BCUT2D eigenvalue weighted by molar-refractivity contribution is -0.153. The van der Waals surface area contributed by atoms with E-state index in [2.05, 4.69) is 10.5 Å². The van der Waals surface area contributed by atoms with Gasteiger partial charge in [0.15, 0.2) is 6.61 Å². The number of hydrogen-bond donors (Lipinski definition) is 1. The number of carbonyl (C=O) groups excluding carboxylic acids is 1. The maximum Gasteiger partial charge on any atom is 0.422 e. The standard InChI is InChI=1S/C14H13F3N2O3/c1-8-12(9(2)22-19-8)13(20)18-10-5-3-4-6-11(10)21-7-14(15,16)17/h3-6H,7H2,1-2H3,(H,18,20). The van der Waals surface area contributed by atoms with Crippen LogP contribution in [0, 0.1) is 13.8 Å². The first-order valence-electron chi connectivity index (χ1n) is 6.31. The van der Waals surface area contributed by atoms with Crippen LogP contribution in [0.3, 0.4) is 0 Å². The fourth-order valence-electron chi connectivity index (χ4n) is 1.85. The number of nitrogens with zero attached hydrogens (tertiary/aromatic N) is 1. The highest BCUT2D eigenvalue weighted by Gasteiger charge is 2.29. The van der Waals surface area contributed by atoms with E-state index in [9.17, 15) is 18.0 Å². The summed E-state index contributed by atoms with van der Waals surface area (Å²) in [5, 5.41) is 6.15. The zero-order chi connectivity index (χ0) is 16.3. The SMILES string of the molecule is Cc1noc(C)c1C(=O)Nc1ccccc1OCC(F)(F)F. The summed E-state index contributed by atoms with van der Waals surface area (Å²) in [5.41, 5.74) is 0.770. The number of carbonyl (C=O) groups is 1. The zero-order valence-corrected chi connectivity index (χ0v) is 11.8. The molecule has 1 aromatic heterocycles. The second kappa shape index (κ2) is 6.08. The summed E-state index contributed by atoms with van der Waals surface area (Å²) in [6.07, 6.45) is -4.46. The second-order valence-corrected chi connectivity index (χ2v) is 4.55. The van der Waals surface area contributed by atoms with E-state index in [1.807, 2.05) is 0 Å². The number of para-hydroxylation sites is 2. The summed E-state index contributed by atoms with van der Waals surface area (Å²) >= 11 is 0. The highest BCUT2D eigenvalue weighted by molar-refractivity contribution is 6.06. The Balaban J connectivity index is 2.18. The lowest BCUT2D eigenvalue weighted by Gasteiger charge is -2.13. The van der Waals surface area contributed by atoms with Gasteiger partial charge in [0.25, 0.3) is 5.91 Å². The van der Waals surface area contributed by atoms with Crippen molar-refractivity contribution in [1.82, 2.24) is 5.16 Å². The molecule has 5 nitrogen and oxygen atoms in total. The third kappa shape index (κ3) is 3.78. The first-order valence-corrected chi connectivity index (χ1v) is 6.31. The number of aryl methyl sites for hydroxylation is 2. The molecule has 0 aliphatic heterocycles. The van der Waals surface area contributed by atoms with Crippen LogP contribution in [0.4, 0.5) is 18.9 Å². The normalized spacial score (nSPS) is 11.3. The summed E-state index contributed by atoms with van der Waals surface area (Å²) in [4.78, 5) is 12.2.